The smallest absolute Gasteiger partial charge is 0.251 e. The number of rotatable bonds is 7. The standard InChI is InChI=1S/C17H22N4O2.2ClH/c1-3-17(4-2,12-18)21-16(22)13-6-5-7-14(10-13)23-15-11-19-8-9-20-15;;/h5-11H,3-4,12,18H2,1-2H3,(H,21,22);2*1H. The molecule has 0 aliphatic rings. The number of nitrogens with zero attached hydrogens (tertiary/aromatic N) is 2. The van der Waals surface area contributed by atoms with Gasteiger partial charge in [0.2, 0.25) is 5.88 Å². The molecule has 1 amide bonds. The van der Waals surface area contributed by atoms with Gasteiger partial charge in [-0.05, 0) is 31.0 Å². The average molecular weight is 387 g/mol. The zero-order valence-electron chi connectivity index (χ0n) is 14.3. The number of hydrogen-bond acceptors (Lipinski definition) is 5. The third-order valence-electron chi connectivity index (χ3n) is 3.98. The van der Waals surface area contributed by atoms with E-state index in [9.17, 15) is 4.79 Å². The molecule has 0 saturated carbocycles. The summed E-state index contributed by atoms with van der Waals surface area (Å²) in [5, 5.41) is 3.04. The zero-order valence-corrected chi connectivity index (χ0v) is 15.9. The fourth-order valence-corrected chi connectivity index (χ4v) is 2.24. The van der Waals surface area contributed by atoms with Crippen molar-refractivity contribution in [2.45, 2.75) is 32.2 Å². The Hall–Kier alpha value is -1.89. The highest BCUT2D eigenvalue weighted by molar-refractivity contribution is 5.95. The van der Waals surface area contributed by atoms with Gasteiger partial charge in [-0.2, -0.15) is 0 Å². The Morgan fingerprint density at radius 2 is 1.96 bits per heavy atom. The summed E-state index contributed by atoms with van der Waals surface area (Å²) in [5.41, 5.74) is 5.98. The normalized spacial score (nSPS) is 10.2. The number of nitrogens with one attached hydrogen (secondary N) is 1. The van der Waals surface area contributed by atoms with Crippen molar-refractivity contribution < 1.29 is 9.53 Å². The minimum Gasteiger partial charge on any atom is -0.437 e. The molecule has 2 aromatic rings. The van der Waals surface area contributed by atoms with E-state index in [1.807, 2.05) is 13.8 Å². The number of aromatic nitrogens is 2. The maximum absolute atomic E-state index is 12.5. The molecule has 0 bridgehead atoms. The van der Waals surface area contributed by atoms with Gasteiger partial charge in [0.15, 0.2) is 0 Å². The molecule has 0 saturated heterocycles. The van der Waals surface area contributed by atoms with E-state index in [2.05, 4.69) is 15.3 Å². The van der Waals surface area contributed by atoms with Crippen molar-refractivity contribution in [1.82, 2.24) is 15.3 Å². The van der Waals surface area contributed by atoms with Crippen LogP contribution in [0.15, 0.2) is 42.9 Å². The van der Waals surface area contributed by atoms with Crippen molar-refractivity contribution in [1.29, 1.82) is 0 Å². The lowest BCUT2D eigenvalue weighted by Gasteiger charge is -2.31. The quantitative estimate of drug-likeness (QED) is 0.760. The number of ether oxygens (including phenoxy) is 1. The number of benzene rings is 1. The van der Waals surface area contributed by atoms with E-state index in [1.54, 1.807) is 36.7 Å². The first kappa shape index (κ1) is 23.1. The van der Waals surface area contributed by atoms with Crippen molar-refractivity contribution >= 4 is 30.7 Å². The van der Waals surface area contributed by atoms with Gasteiger partial charge in [0.25, 0.3) is 5.91 Å². The largest absolute Gasteiger partial charge is 0.437 e. The highest BCUT2D eigenvalue weighted by Crippen LogP contribution is 2.20. The first-order valence-corrected chi connectivity index (χ1v) is 7.69. The summed E-state index contributed by atoms with van der Waals surface area (Å²) in [6.45, 7) is 4.44. The van der Waals surface area contributed by atoms with Crippen LogP contribution < -0.4 is 15.8 Å². The van der Waals surface area contributed by atoms with E-state index >= 15 is 0 Å². The lowest BCUT2D eigenvalue weighted by Crippen LogP contribution is -2.52. The number of hydrogen-bond donors (Lipinski definition) is 2. The highest BCUT2D eigenvalue weighted by Gasteiger charge is 2.26. The molecule has 0 spiro atoms. The van der Waals surface area contributed by atoms with Gasteiger partial charge in [-0.25, -0.2) is 4.98 Å². The SMILES string of the molecule is CCC(CC)(CN)NC(=O)c1cccc(Oc2cnccn2)c1.Cl.Cl. The summed E-state index contributed by atoms with van der Waals surface area (Å²) < 4.78 is 5.60. The molecule has 6 nitrogen and oxygen atoms in total. The van der Waals surface area contributed by atoms with Crippen LogP contribution in [0.5, 0.6) is 11.6 Å². The van der Waals surface area contributed by atoms with Gasteiger partial charge in [0.05, 0.1) is 11.7 Å². The molecule has 25 heavy (non-hydrogen) atoms. The van der Waals surface area contributed by atoms with Crippen LogP contribution in [0, 0.1) is 0 Å². The predicted octanol–water partition coefficient (Wildman–Crippen LogP) is 3.36. The van der Waals surface area contributed by atoms with Gasteiger partial charge < -0.3 is 15.8 Å². The molecule has 0 atom stereocenters. The molecule has 1 heterocycles. The Labute approximate surface area is 160 Å². The van der Waals surface area contributed by atoms with Gasteiger partial charge in [-0.1, -0.05) is 19.9 Å². The molecule has 1 aromatic heterocycles. The van der Waals surface area contributed by atoms with E-state index in [0.29, 0.717) is 23.7 Å². The second-order valence-electron chi connectivity index (χ2n) is 5.32. The number of carbonyl (C=O) groups is 1. The molecule has 3 N–H and O–H groups in total. The molecule has 2 rings (SSSR count). The summed E-state index contributed by atoms with van der Waals surface area (Å²) in [7, 11) is 0. The molecule has 0 unspecified atom stereocenters. The molecule has 0 aliphatic carbocycles. The molecule has 0 radical (unpaired) electrons. The topological polar surface area (TPSA) is 90.1 Å². The van der Waals surface area contributed by atoms with Crippen molar-refractivity contribution in [3.63, 3.8) is 0 Å². The van der Waals surface area contributed by atoms with Crippen LogP contribution in [0.1, 0.15) is 37.0 Å². The number of amides is 1. The predicted molar refractivity (Wildman–Crippen MR) is 103 cm³/mol. The van der Waals surface area contributed by atoms with E-state index in [1.165, 1.54) is 6.20 Å². The maximum atomic E-state index is 12.5. The van der Waals surface area contributed by atoms with Gasteiger partial charge in [-0.15, -0.1) is 24.8 Å². The Bertz CT molecular complexity index is 644. The second-order valence-corrected chi connectivity index (χ2v) is 5.32. The van der Waals surface area contributed by atoms with E-state index < -0.39 is 0 Å². The van der Waals surface area contributed by atoms with Crippen molar-refractivity contribution in [3.05, 3.63) is 48.4 Å². The fraction of sp³-hybridized carbons (Fsp3) is 0.353. The van der Waals surface area contributed by atoms with Crippen molar-refractivity contribution in [2.75, 3.05) is 6.54 Å². The lowest BCUT2D eigenvalue weighted by atomic mass is 9.92. The monoisotopic (exact) mass is 386 g/mol. The Balaban J connectivity index is 0.00000288. The van der Waals surface area contributed by atoms with E-state index in [0.717, 1.165) is 12.8 Å². The Morgan fingerprint density at radius 1 is 1.24 bits per heavy atom. The Morgan fingerprint density at radius 3 is 2.52 bits per heavy atom. The number of carbonyl (C=O) groups excluding carboxylic acids is 1. The number of halogens is 2. The van der Waals surface area contributed by atoms with Crippen molar-refractivity contribution in [2.24, 2.45) is 5.73 Å². The van der Waals surface area contributed by atoms with Gasteiger partial charge >= 0.3 is 0 Å². The minimum absolute atomic E-state index is 0. The van der Waals surface area contributed by atoms with Crippen molar-refractivity contribution in [3.8, 4) is 11.6 Å². The summed E-state index contributed by atoms with van der Waals surface area (Å²) >= 11 is 0. The maximum Gasteiger partial charge on any atom is 0.251 e. The van der Waals surface area contributed by atoms with Crippen LogP contribution in [0.3, 0.4) is 0 Å². The minimum atomic E-state index is -0.376. The van der Waals surface area contributed by atoms with Crippen LogP contribution in [0.4, 0.5) is 0 Å². The van der Waals surface area contributed by atoms with Crippen LogP contribution in [0.2, 0.25) is 0 Å². The number of nitrogens with two attached hydrogens (primary N) is 1. The lowest BCUT2D eigenvalue weighted by molar-refractivity contribution is 0.0895. The third-order valence-corrected chi connectivity index (χ3v) is 3.98. The molecule has 138 valence electrons. The van der Waals surface area contributed by atoms with Crippen LogP contribution in [0.25, 0.3) is 0 Å². The van der Waals surface area contributed by atoms with Crippen LogP contribution >= 0.6 is 24.8 Å². The second kappa shape index (κ2) is 10.9. The molecule has 0 fully saturated rings. The van der Waals surface area contributed by atoms with Gasteiger partial charge in [-0.3, -0.25) is 9.78 Å². The highest BCUT2D eigenvalue weighted by atomic mass is 35.5. The van der Waals surface area contributed by atoms with Crippen LogP contribution in [-0.4, -0.2) is 28.0 Å². The average Bonchev–Trinajstić information content (AvgIpc) is 2.61. The fourth-order valence-electron chi connectivity index (χ4n) is 2.24. The zero-order chi connectivity index (χ0) is 16.7. The summed E-state index contributed by atoms with van der Waals surface area (Å²) in [6.07, 6.45) is 6.19. The first-order chi connectivity index (χ1) is 11.1. The van der Waals surface area contributed by atoms with Crippen LogP contribution in [-0.2, 0) is 0 Å². The molecule has 1 aromatic carbocycles. The summed E-state index contributed by atoms with van der Waals surface area (Å²) in [6, 6.07) is 6.95. The first-order valence-electron chi connectivity index (χ1n) is 7.69. The molecular formula is C17H24Cl2N4O2. The van der Waals surface area contributed by atoms with E-state index in [-0.39, 0.29) is 36.3 Å². The third kappa shape index (κ3) is 6.16. The molecule has 0 aliphatic heterocycles. The van der Waals surface area contributed by atoms with Gasteiger partial charge in [0.1, 0.15) is 5.75 Å². The Kier molecular flexibility index (Phi) is 10.0. The van der Waals surface area contributed by atoms with E-state index in [4.69, 9.17) is 10.5 Å². The van der Waals surface area contributed by atoms with Gasteiger partial charge in [0, 0.05) is 24.5 Å². The summed E-state index contributed by atoms with van der Waals surface area (Å²) in [5.74, 6) is 0.747. The molecule has 8 heteroatoms. The summed E-state index contributed by atoms with van der Waals surface area (Å²) in [4.78, 5) is 20.5. The molecular weight excluding hydrogens is 363 g/mol.